The highest BCUT2D eigenvalue weighted by Crippen LogP contribution is 2.29. The molecule has 0 amide bonds. The summed E-state index contributed by atoms with van der Waals surface area (Å²) in [4.78, 5) is 2.28. The van der Waals surface area contributed by atoms with E-state index in [2.05, 4.69) is 11.8 Å². The second-order valence-corrected chi connectivity index (χ2v) is 3.97. The maximum absolute atomic E-state index is 11.1. The lowest BCUT2D eigenvalue weighted by Crippen LogP contribution is -2.21. The predicted octanol–water partition coefficient (Wildman–Crippen LogP) is 1.79. The van der Waals surface area contributed by atoms with Gasteiger partial charge in [-0.1, -0.05) is 6.92 Å². The van der Waals surface area contributed by atoms with Crippen LogP contribution in [0, 0.1) is 0 Å². The first-order chi connectivity index (χ1) is 6.26. The molecular formula is C8H17NO3P+. The van der Waals surface area contributed by atoms with Crippen molar-refractivity contribution in [2.24, 2.45) is 0 Å². The molecule has 1 saturated heterocycles. The zero-order chi connectivity index (χ0) is 9.68. The Bertz CT molecular complexity index is 177. The van der Waals surface area contributed by atoms with Crippen LogP contribution in [0.15, 0.2) is 0 Å². The van der Waals surface area contributed by atoms with Crippen molar-refractivity contribution in [3.05, 3.63) is 0 Å². The molecule has 76 valence electrons. The summed E-state index contributed by atoms with van der Waals surface area (Å²) in [6.07, 6.45) is 1.05. The van der Waals surface area contributed by atoms with Gasteiger partial charge in [0.25, 0.3) is 0 Å². The molecule has 0 aromatic carbocycles. The molecule has 0 saturated carbocycles. The summed E-state index contributed by atoms with van der Waals surface area (Å²) in [6, 6.07) is 0. The molecule has 0 bridgehead atoms. The monoisotopic (exact) mass is 206 g/mol. The Morgan fingerprint density at radius 3 is 2.85 bits per heavy atom. The summed E-state index contributed by atoms with van der Waals surface area (Å²) in [5.74, 6) is 0. The van der Waals surface area contributed by atoms with E-state index in [9.17, 15) is 4.57 Å². The van der Waals surface area contributed by atoms with Gasteiger partial charge >= 0.3 is 8.25 Å². The lowest BCUT2D eigenvalue weighted by Gasteiger charge is -2.09. The lowest BCUT2D eigenvalue weighted by atomic mass is 10.3. The third-order valence-electron chi connectivity index (χ3n) is 2.15. The smallest absolute Gasteiger partial charge is 0.301 e. The van der Waals surface area contributed by atoms with Gasteiger partial charge in [0.05, 0.1) is 0 Å². The van der Waals surface area contributed by atoms with Crippen molar-refractivity contribution in [3.63, 3.8) is 0 Å². The maximum atomic E-state index is 11.1. The summed E-state index contributed by atoms with van der Waals surface area (Å²) in [5.41, 5.74) is 0. The van der Waals surface area contributed by atoms with Gasteiger partial charge in [0.1, 0.15) is 12.7 Å². The molecule has 2 unspecified atom stereocenters. The number of likely N-dealkylation sites (tertiary alicyclic amines) is 1. The second kappa shape index (κ2) is 5.66. The minimum absolute atomic E-state index is 0.0927. The summed E-state index contributed by atoms with van der Waals surface area (Å²) in [7, 11) is -1.89. The van der Waals surface area contributed by atoms with Crippen LogP contribution in [0.3, 0.4) is 0 Å². The minimum atomic E-state index is -1.89. The molecule has 4 nitrogen and oxygen atoms in total. The van der Waals surface area contributed by atoms with Gasteiger partial charge in [-0.3, -0.25) is 0 Å². The van der Waals surface area contributed by atoms with Crippen molar-refractivity contribution >= 4 is 8.25 Å². The molecule has 0 aliphatic carbocycles. The van der Waals surface area contributed by atoms with Crippen LogP contribution in [-0.2, 0) is 13.6 Å². The predicted molar refractivity (Wildman–Crippen MR) is 50.8 cm³/mol. The molecule has 1 rings (SSSR count). The van der Waals surface area contributed by atoms with Crippen LogP contribution in [0.2, 0.25) is 0 Å². The summed E-state index contributed by atoms with van der Waals surface area (Å²) in [5, 5.41) is 0. The molecule has 1 aliphatic heterocycles. The zero-order valence-corrected chi connectivity index (χ0v) is 9.13. The highest BCUT2D eigenvalue weighted by molar-refractivity contribution is 7.33. The van der Waals surface area contributed by atoms with Gasteiger partial charge in [0.2, 0.25) is 0 Å². The topological polar surface area (TPSA) is 38.8 Å². The first kappa shape index (κ1) is 11.1. The normalized spacial score (nSPS) is 25.1. The molecule has 0 aromatic heterocycles. The fraction of sp³-hybridized carbons (Fsp3) is 1.00. The third-order valence-corrected chi connectivity index (χ3v) is 3.09. The van der Waals surface area contributed by atoms with Crippen LogP contribution in [0.25, 0.3) is 0 Å². The Morgan fingerprint density at radius 1 is 1.54 bits per heavy atom. The van der Waals surface area contributed by atoms with Gasteiger partial charge in [-0.15, -0.1) is 9.05 Å². The van der Waals surface area contributed by atoms with Gasteiger partial charge in [-0.05, 0) is 19.9 Å². The standard InChI is InChI=1S/C8H17NO3P/c1-3-9-6-5-8(7-9)12-13(10)11-4-2/h8H,3-7H2,1-2H3/q+1. The fourth-order valence-electron chi connectivity index (χ4n) is 1.43. The van der Waals surface area contributed by atoms with E-state index >= 15 is 0 Å². The van der Waals surface area contributed by atoms with E-state index in [4.69, 9.17) is 9.05 Å². The van der Waals surface area contributed by atoms with Crippen LogP contribution >= 0.6 is 8.25 Å². The van der Waals surface area contributed by atoms with Crippen LogP contribution in [0.5, 0.6) is 0 Å². The molecule has 0 spiro atoms. The maximum Gasteiger partial charge on any atom is 0.697 e. The SMILES string of the molecule is CCO[P+](=O)OC1CCN(CC)C1. The summed E-state index contributed by atoms with van der Waals surface area (Å²) < 4.78 is 21.1. The van der Waals surface area contributed by atoms with E-state index in [1.54, 1.807) is 0 Å². The van der Waals surface area contributed by atoms with Gasteiger partial charge < -0.3 is 4.90 Å². The minimum Gasteiger partial charge on any atom is -0.301 e. The highest BCUT2D eigenvalue weighted by atomic mass is 31.1. The van der Waals surface area contributed by atoms with E-state index in [0.717, 1.165) is 26.1 Å². The highest BCUT2D eigenvalue weighted by Gasteiger charge is 2.31. The van der Waals surface area contributed by atoms with Gasteiger partial charge in [0.15, 0.2) is 0 Å². The summed E-state index contributed by atoms with van der Waals surface area (Å²) >= 11 is 0. The number of hydrogen-bond acceptors (Lipinski definition) is 4. The lowest BCUT2D eigenvalue weighted by molar-refractivity contribution is 0.169. The Kier molecular flexibility index (Phi) is 4.81. The van der Waals surface area contributed by atoms with E-state index in [1.165, 1.54) is 0 Å². The van der Waals surface area contributed by atoms with Crippen molar-refractivity contribution in [3.8, 4) is 0 Å². The first-order valence-electron chi connectivity index (χ1n) is 4.75. The largest absolute Gasteiger partial charge is 0.697 e. The third kappa shape index (κ3) is 3.69. The molecule has 5 heteroatoms. The van der Waals surface area contributed by atoms with Crippen molar-refractivity contribution in [2.45, 2.75) is 26.4 Å². The molecule has 1 aliphatic rings. The molecule has 1 fully saturated rings. The molecular weight excluding hydrogens is 189 g/mol. The first-order valence-corrected chi connectivity index (χ1v) is 5.85. The van der Waals surface area contributed by atoms with Crippen molar-refractivity contribution in [1.29, 1.82) is 0 Å². The summed E-state index contributed by atoms with van der Waals surface area (Å²) in [6.45, 7) is 7.32. The van der Waals surface area contributed by atoms with Crippen molar-refractivity contribution in [1.82, 2.24) is 4.90 Å². The van der Waals surface area contributed by atoms with E-state index < -0.39 is 8.25 Å². The van der Waals surface area contributed by atoms with E-state index in [1.807, 2.05) is 6.92 Å². The van der Waals surface area contributed by atoms with Crippen LogP contribution in [-0.4, -0.2) is 37.2 Å². The van der Waals surface area contributed by atoms with Crippen LogP contribution < -0.4 is 0 Å². The number of nitrogens with zero attached hydrogens (tertiary/aromatic N) is 1. The van der Waals surface area contributed by atoms with Gasteiger partial charge in [-0.2, -0.15) is 0 Å². The molecule has 1 heterocycles. The molecule has 0 N–H and O–H groups in total. The average Bonchev–Trinajstić information content (AvgIpc) is 2.52. The molecule has 0 radical (unpaired) electrons. The molecule has 13 heavy (non-hydrogen) atoms. The van der Waals surface area contributed by atoms with Crippen LogP contribution in [0.1, 0.15) is 20.3 Å². The van der Waals surface area contributed by atoms with Crippen molar-refractivity contribution < 1.29 is 13.6 Å². The quantitative estimate of drug-likeness (QED) is 0.643. The Balaban J connectivity index is 2.19. The number of rotatable bonds is 5. The molecule has 0 aromatic rings. The Hall–Kier alpha value is -0.0200. The Morgan fingerprint density at radius 2 is 2.31 bits per heavy atom. The van der Waals surface area contributed by atoms with Gasteiger partial charge in [0, 0.05) is 17.7 Å². The average molecular weight is 206 g/mol. The number of likely N-dealkylation sites (N-methyl/N-ethyl adjacent to an activating group) is 1. The van der Waals surface area contributed by atoms with E-state index in [-0.39, 0.29) is 6.10 Å². The second-order valence-electron chi connectivity index (χ2n) is 3.05. The molecule has 2 atom stereocenters. The van der Waals surface area contributed by atoms with E-state index in [0.29, 0.717) is 6.61 Å². The zero-order valence-electron chi connectivity index (χ0n) is 8.23. The van der Waals surface area contributed by atoms with Crippen LogP contribution in [0.4, 0.5) is 0 Å². The number of hydrogen-bond donors (Lipinski definition) is 0. The fourth-order valence-corrected chi connectivity index (χ4v) is 2.12. The van der Waals surface area contributed by atoms with Gasteiger partial charge in [-0.25, -0.2) is 0 Å². The Labute approximate surface area is 80.2 Å². The van der Waals surface area contributed by atoms with Crippen molar-refractivity contribution in [2.75, 3.05) is 26.2 Å².